The van der Waals surface area contributed by atoms with Crippen molar-refractivity contribution in [1.82, 2.24) is 14.5 Å². The number of nitrogens with zero attached hydrogens (tertiary/aromatic N) is 3. The van der Waals surface area contributed by atoms with E-state index in [0.717, 1.165) is 24.0 Å². The second kappa shape index (κ2) is 3.34. The SMILES string of the molecule is [CH2]CCn1ccc2cnc(Cl)nc21. The first-order chi connectivity index (χ1) is 6.31. The molecule has 0 aliphatic rings. The van der Waals surface area contributed by atoms with Crippen LogP contribution in [0.1, 0.15) is 6.42 Å². The molecule has 0 amide bonds. The number of hydrogen-bond acceptors (Lipinski definition) is 2. The molecule has 67 valence electrons. The average Bonchev–Trinajstić information content (AvgIpc) is 2.49. The predicted molar refractivity (Wildman–Crippen MR) is 52.5 cm³/mol. The van der Waals surface area contributed by atoms with E-state index in [1.165, 1.54) is 0 Å². The number of aryl methyl sites for hydroxylation is 1. The van der Waals surface area contributed by atoms with Crippen molar-refractivity contribution in [1.29, 1.82) is 0 Å². The Labute approximate surface area is 81.4 Å². The maximum atomic E-state index is 5.70. The third-order valence-electron chi connectivity index (χ3n) is 1.87. The van der Waals surface area contributed by atoms with E-state index < -0.39 is 0 Å². The smallest absolute Gasteiger partial charge is 0.224 e. The number of halogens is 1. The summed E-state index contributed by atoms with van der Waals surface area (Å²) in [5, 5.41) is 1.30. The molecule has 0 unspecified atom stereocenters. The van der Waals surface area contributed by atoms with Crippen LogP contribution in [0.2, 0.25) is 5.28 Å². The molecule has 0 N–H and O–H groups in total. The second-order valence-corrected chi connectivity index (χ2v) is 3.12. The van der Waals surface area contributed by atoms with Crippen molar-refractivity contribution in [2.24, 2.45) is 0 Å². The average molecular weight is 195 g/mol. The van der Waals surface area contributed by atoms with Gasteiger partial charge in [-0.05, 0) is 24.1 Å². The summed E-state index contributed by atoms with van der Waals surface area (Å²) in [5.74, 6) is 0. The van der Waals surface area contributed by atoms with Gasteiger partial charge in [0.05, 0.1) is 0 Å². The monoisotopic (exact) mass is 194 g/mol. The zero-order valence-corrected chi connectivity index (χ0v) is 7.83. The Kier molecular flexibility index (Phi) is 2.19. The molecule has 0 saturated carbocycles. The van der Waals surface area contributed by atoms with Gasteiger partial charge in [-0.1, -0.05) is 6.92 Å². The summed E-state index contributed by atoms with van der Waals surface area (Å²) in [4.78, 5) is 8.05. The lowest BCUT2D eigenvalue weighted by Crippen LogP contribution is -1.96. The molecular weight excluding hydrogens is 186 g/mol. The quantitative estimate of drug-likeness (QED) is 0.687. The molecule has 1 radical (unpaired) electrons. The molecule has 0 saturated heterocycles. The highest BCUT2D eigenvalue weighted by molar-refractivity contribution is 6.28. The summed E-state index contributed by atoms with van der Waals surface area (Å²) in [6.07, 6.45) is 4.54. The molecule has 0 aromatic carbocycles. The summed E-state index contributed by atoms with van der Waals surface area (Å²) in [5.41, 5.74) is 0.878. The molecule has 0 atom stereocenters. The predicted octanol–water partition coefficient (Wildman–Crippen LogP) is 2.31. The summed E-state index contributed by atoms with van der Waals surface area (Å²) in [7, 11) is 0. The Morgan fingerprint density at radius 2 is 2.38 bits per heavy atom. The largest absolute Gasteiger partial charge is 0.332 e. The van der Waals surface area contributed by atoms with E-state index in [0.29, 0.717) is 0 Å². The Morgan fingerprint density at radius 3 is 3.15 bits per heavy atom. The molecule has 0 bridgehead atoms. The third kappa shape index (κ3) is 1.52. The van der Waals surface area contributed by atoms with Crippen LogP contribution in [0.5, 0.6) is 0 Å². The van der Waals surface area contributed by atoms with Crippen LogP contribution in [-0.4, -0.2) is 14.5 Å². The standard InChI is InChI=1S/C9H9ClN3/c1-2-4-13-5-3-7-6-11-9(10)12-8(7)13/h3,5-6H,1-2,4H2. The van der Waals surface area contributed by atoms with Gasteiger partial charge in [0.2, 0.25) is 5.28 Å². The number of hydrogen-bond donors (Lipinski definition) is 0. The molecule has 0 spiro atoms. The van der Waals surface area contributed by atoms with Gasteiger partial charge in [0.15, 0.2) is 0 Å². The Bertz CT molecular complexity index is 422. The van der Waals surface area contributed by atoms with Crippen molar-refractivity contribution in [2.75, 3.05) is 0 Å². The minimum absolute atomic E-state index is 0.288. The van der Waals surface area contributed by atoms with Gasteiger partial charge in [-0.2, -0.15) is 4.98 Å². The number of rotatable bonds is 2. The lowest BCUT2D eigenvalue weighted by molar-refractivity contribution is 0.728. The van der Waals surface area contributed by atoms with Crippen LogP contribution in [0, 0.1) is 6.92 Å². The minimum Gasteiger partial charge on any atom is -0.332 e. The van der Waals surface area contributed by atoms with Gasteiger partial charge < -0.3 is 4.57 Å². The van der Waals surface area contributed by atoms with Gasteiger partial charge in [0.25, 0.3) is 0 Å². The van der Waals surface area contributed by atoms with Crippen molar-refractivity contribution in [3.05, 3.63) is 30.7 Å². The van der Waals surface area contributed by atoms with Crippen LogP contribution >= 0.6 is 11.6 Å². The van der Waals surface area contributed by atoms with E-state index in [-0.39, 0.29) is 5.28 Å². The number of fused-ring (bicyclic) bond motifs is 1. The molecule has 0 aliphatic heterocycles. The van der Waals surface area contributed by atoms with Crippen molar-refractivity contribution < 1.29 is 0 Å². The Morgan fingerprint density at radius 1 is 1.54 bits per heavy atom. The van der Waals surface area contributed by atoms with Crippen LogP contribution in [0.3, 0.4) is 0 Å². The van der Waals surface area contributed by atoms with Crippen molar-refractivity contribution >= 4 is 22.6 Å². The van der Waals surface area contributed by atoms with Gasteiger partial charge in [-0.3, -0.25) is 0 Å². The first kappa shape index (κ1) is 8.51. The summed E-state index contributed by atoms with van der Waals surface area (Å²) in [6, 6.07) is 1.97. The maximum absolute atomic E-state index is 5.70. The molecule has 2 aromatic rings. The summed E-state index contributed by atoms with van der Waals surface area (Å²) >= 11 is 5.70. The normalized spacial score (nSPS) is 10.9. The van der Waals surface area contributed by atoms with E-state index in [9.17, 15) is 0 Å². The highest BCUT2D eigenvalue weighted by Crippen LogP contribution is 2.14. The lowest BCUT2D eigenvalue weighted by Gasteiger charge is -2.00. The van der Waals surface area contributed by atoms with Gasteiger partial charge in [0.1, 0.15) is 5.65 Å². The summed E-state index contributed by atoms with van der Waals surface area (Å²) in [6.45, 7) is 4.65. The molecule has 3 nitrogen and oxygen atoms in total. The molecule has 13 heavy (non-hydrogen) atoms. The molecule has 0 fully saturated rings. The zero-order valence-electron chi connectivity index (χ0n) is 7.07. The van der Waals surface area contributed by atoms with E-state index in [1.54, 1.807) is 6.20 Å². The molecule has 0 aliphatic carbocycles. The van der Waals surface area contributed by atoms with E-state index in [4.69, 9.17) is 11.6 Å². The van der Waals surface area contributed by atoms with Crippen molar-refractivity contribution in [2.45, 2.75) is 13.0 Å². The van der Waals surface area contributed by atoms with Crippen LogP contribution in [-0.2, 0) is 6.54 Å². The van der Waals surface area contributed by atoms with Crippen molar-refractivity contribution in [3.8, 4) is 0 Å². The van der Waals surface area contributed by atoms with Crippen LogP contribution in [0.4, 0.5) is 0 Å². The van der Waals surface area contributed by atoms with E-state index in [1.807, 2.05) is 16.8 Å². The lowest BCUT2D eigenvalue weighted by atomic mass is 10.4. The molecular formula is C9H9ClN3. The van der Waals surface area contributed by atoms with E-state index in [2.05, 4.69) is 16.9 Å². The fourth-order valence-corrected chi connectivity index (χ4v) is 1.43. The van der Waals surface area contributed by atoms with Crippen molar-refractivity contribution in [3.63, 3.8) is 0 Å². The molecule has 2 aromatic heterocycles. The minimum atomic E-state index is 0.288. The van der Waals surface area contributed by atoms with Gasteiger partial charge >= 0.3 is 0 Å². The van der Waals surface area contributed by atoms with Crippen LogP contribution in [0.25, 0.3) is 11.0 Å². The van der Waals surface area contributed by atoms with Crippen LogP contribution < -0.4 is 0 Å². The highest BCUT2D eigenvalue weighted by Gasteiger charge is 2.02. The third-order valence-corrected chi connectivity index (χ3v) is 2.05. The first-order valence-electron chi connectivity index (χ1n) is 4.08. The number of aromatic nitrogens is 3. The molecule has 4 heteroatoms. The zero-order chi connectivity index (χ0) is 9.26. The molecule has 2 rings (SSSR count). The first-order valence-corrected chi connectivity index (χ1v) is 4.45. The second-order valence-electron chi connectivity index (χ2n) is 2.78. The van der Waals surface area contributed by atoms with E-state index >= 15 is 0 Å². The highest BCUT2D eigenvalue weighted by atomic mass is 35.5. The van der Waals surface area contributed by atoms with Gasteiger partial charge in [-0.25, -0.2) is 4.98 Å². The fourth-order valence-electron chi connectivity index (χ4n) is 1.30. The summed E-state index contributed by atoms with van der Waals surface area (Å²) < 4.78 is 2.02. The maximum Gasteiger partial charge on any atom is 0.224 e. The van der Waals surface area contributed by atoms with Crippen LogP contribution in [0.15, 0.2) is 18.5 Å². The van der Waals surface area contributed by atoms with Gasteiger partial charge in [0, 0.05) is 24.3 Å². The topological polar surface area (TPSA) is 30.7 Å². The van der Waals surface area contributed by atoms with Gasteiger partial charge in [-0.15, -0.1) is 0 Å². The Hall–Kier alpha value is -1.09. The Balaban J connectivity index is 2.58. The fraction of sp³-hybridized carbons (Fsp3) is 0.222. The molecule has 2 heterocycles.